The van der Waals surface area contributed by atoms with Crippen molar-refractivity contribution in [3.8, 4) is 11.3 Å². The second-order valence-electron chi connectivity index (χ2n) is 9.04. The zero-order chi connectivity index (χ0) is 21.5. The van der Waals surface area contributed by atoms with Crippen LogP contribution in [0.1, 0.15) is 76.2 Å². The van der Waals surface area contributed by atoms with Gasteiger partial charge in [0.2, 0.25) is 0 Å². The average Bonchev–Trinajstić information content (AvgIpc) is 2.76. The van der Waals surface area contributed by atoms with Gasteiger partial charge in [-0.05, 0) is 56.2 Å². The molecule has 0 spiro atoms. The highest BCUT2D eigenvalue weighted by molar-refractivity contribution is 6.30. The van der Waals surface area contributed by atoms with Gasteiger partial charge in [-0.3, -0.25) is 4.99 Å². The summed E-state index contributed by atoms with van der Waals surface area (Å²) >= 11 is 6.10. The molecule has 1 aliphatic rings. The van der Waals surface area contributed by atoms with Crippen molar-refractivity contribution in [2.45, 2.75) is 83.6 Å². The Bertz CT molecular complexity index is 1040. The quantitative estimate of drug-likeness (QED) is 0.395. The summed E-state index contributed by atoms with van der Waals surface area (Å²) in [5.41, 5.74) is 3.16. The molecule has 0 amide bonds. The van der Waals surface area contributed by atoms with Crippen LogP contribution in [-0.2, 0) is 0 Å². The third kappa shape index (κ3) is 6.23. The van der Waals surface area contributed by atoms with Crippen molar-refractivity contribution in [3.63, 3.8) is 0 Å². The molecule has 2 nitrogen and oxygen atoms in total. The molecule has 164 valence electrons. The van der Waals surface area contributed by atoms with E-state index in [1.165, 1.54) is 76.2 Å². The number of fused-ring (bicyclic) bond motifs is 1. The summed E-state index contributed by atoms with van der Waals surface area (Å²) < 4.78 is 6.28. The molecule has 3 aromatic rings. The van der Waals surface area contributed by atoms with Crippen LogP contribution in [0, 0.1) is 6.92 Å². The van der Waals surface area contributed by atoms with Gasteiger partial charge in [-0.1, -0.05) is 81.0 Å². The molecule has 3 heteroatoms. The third-order valence-corrected chi connectivity index (χ3v) is 6.68. The van der Waals surface area contributed by atoms with Gasteiger partial charge < -0.3 is 4.42 Å². The minimum atomic E-state index is 0.392. The number of hydrogen-bond acceptors (Lipinski definition) is 2. The predicted octanol–water partition coefficient (Wildman–Crippen LogP) is 8.64. The molecule has 0 aliphatic heterocycles. The van der Waals surface area contributed by atoms with E-state index in [-0.39, 0.29) is 0 Å². The molecule has 1 aliphatic carbocycles. The second kappa shape index (κ2) is 11.0. The topological polar surface area (TPSA) is 25.5 Å². The maximum atomic E-state index is 6.28. The lowest BCUT2D eigenvalue weighted by Gasteiger charge is -2.14. The van der Waals surface area contributed by atoms with E-state index in [1.54, 1.807) is 0 Å². The predicted molar refractivity (Wildman–Crippen MR) is 132 cm³/mol. The van der Waals surface area contributed by atoms with Gasteiger partial charge in [-0.15, -0.1) is 0 Å². The van der Waals surface area contributed by atoms with Crippen LogP contribution in [0.15, 0.2) is 57.9 Å². The van der Waals surface area contributed by atoms with Crippen molar-refractivity contribution in [2.24, 2.45) is 4.99 Å². The van der Waals surface area contributed by atoms with Crippen molar-refractivity contribution in [1.82, 2.24) is 0 Å². The number of benzene rings is 2. The van der Waals surface area contributed by atoms with E-state index in [1.807, 2.05) is 24.3 Å². The molecule has 1 fully saturated rings. The minimum absolute atomic E-state index is 0.392. The summed E-state index contributed by atoms with van der Waals surface area (Å²) in [5, 5.41) is 2.91. The highest BCUT2D eigenvalue weighted by Gasteiger charge is 2.11. The molecular formula is C28H34ClNO. The van der Waals surface area contributed by atoms with Crippen molar-refractivity contribution in [3.05, 3.63) is 64.5 Å². The monoisotopic (exact) mass is 435 g/mol. The van der Waals surface area contributed by atoms with Crippen molar-refractivity contribution in [2.75, 3.05) is 0 Å². The SMILES string of the molecule is Cc1ccc2oc(-c3ccc(Cl)cc3)cc(=NC3CCCCCCCCCCC3)c2c1. The lowest BCUT2D eigenvalue weighted by Crippen LogP contribution is -2.13. The van der Waals surface area contributed by atoms with E-state index in [0.717, 1.165) is 32.7 Å². The first-order chi connectivity index (χ1) is 15.2. The van der Waals surface area contributed by atoms with Gasteiger partial charge in [0.05, 0.1) is 11.4 Å². The zero-order valence-electron chi connectivity index (χ0n) is 18.7. The Balaban J connectivity index is 1.72. The van der Waals surface area contributed by atoms with Gasteiger partial charge in [0, 0.05) is 22.0 Å². The first kappa shape index (κ1) is 22.1. The Hall–Kier alpha value is -2.06. The van der Waals surface area contributed by atoms with Crippen LogP contribution in [0.4, 0.5) is 0 Å². The Morgan fingerprint density at radius 1 is 0.774 bits per heavy atom. The highest BCUT2D eigenvalue weighted by atomic mass is 35.5. The molecule has 2 aromatic carbocycles. The van der Waals surface area contributed by atoms with E-state index in [0.29, 0.717) is 6.04 Å². The van der Waals surface area contributed by atoms with Gasteiger partial charge >= 0.3 is 0 Å². The van der Waals surface area contributed by atoms with Gasteiger partial charge in [-0.2, -0.15) is 0 Å². The number of nitrogens with zero attached hydrogens (tertiary/aromatic N) is 1. The van der Waals surface area contributed by atoms with Crippen molar-refractivity contribution < 1.29 is 4.42 Å². The molecule has 0 unspecified atom stereocenters. The molecule has 0 N–H and O–H groups in total. The first-order valence-corrected chi connectivity index (χ1v) is 12.4. The van der Waals surface area contributed by atoms with Crippen LogP contribution in [-0.4, -0.2) is 6.04 Å². The normalized spacial score (nSPS) is 17.9. The van der Waals surface area contributed by atoms with E-state index >= 15 is 0 Å². The van der Waals surface area contributed by atoms with Crippen LogP contribution < -0.4 is 5.36 Å². The largest absolute Gasteiger partial charge is 0.456 e. The maximum Gasteiger partial charge on any atom is 0.136 e. The maximum absolute atomic E-state index is 6.28. The van der Waals surface area contributed by atoms with E-state index in [4.69, 9.17) is 21.0 Å². The van der Waals surface area contributed by atoms with Crippen molar-refractivity contribution in [1.29, 1.82) is 0 Å². The summed E-state index contributed by atoms with van der Waals surface area (Å²) in [4.78, 5) is 5.33. The molecule has 0 bridgehead atoms. The Labute approximate surface area is 191 Å². The molecule has 0 atom stereocenters. The van der Waals surface area contributed by atoms with Gasteiger partial charge in [0.1, 0.15) is 11.3 Å². The van der Waals surface area contributed by atoms with Crippen LogP contribution in [0.3, 0.4) is 0 Å². The minimum Gasteiger partial charge on any atom is -0.456 e. The average molecular weight is 436 g/mol. The van der Waals surface area contributed by atoms with Gasteiger partial charge in [-0.25, -0.2) is 0 Å². The van der Waals surface area contributed by atoms with Crippen LogP contribution in [0.5, 0.6) is 0 Å². The molecule has 1 heterocycles. The summed E-state index contributed by atoms with van der Waals surface area (Å²) in [7, 11) is 0. The lowest BCUT2D eigenvalue weighted by atomic mass is 9.98. The molecule has 0 radical (unpaired) electrons. The number of halogens is 1. The van der Waals surface area contributed by atoms with E-state index in [9.17, 15) is 0 Å². The molecule has 0 saturated heterocycles. The number of aryl methyl sites for hydroxylation is 1. The van der Waals surface area contributed by atoms with Gasteiger partial charge in [0.15, 0.2) is 0 Å². The molecule has 31 heavy (non-hydrogen) atoms. The fourth-order valence-electron chi connectivity index (χ4n) is 4.61. The van der Waals surface area contributed by atoms with E-state index < -0.39 is 0 Å². The van der Waals surface area contributed by atoms with Gasteiger partial charge in [0.25, 0.3) is 0 Å². The summed E-state index contributed by atoms with van der Waals surface area (Å²) in [5.74, 6) is 0.847. The molecular weight excluding hydrogens is 402 g/mol. The van der Waals surface area contributed by atoms with Crippen molar-refractivity contribution >= 4 is 22.6 Å². The summed E-state index contributed by atoms with van der Waals surface area (Å²) in [6, 6.07) is 16.8. The van der Waals surface area contributed by atoms with Crippen LogP contribution in [0.2, 0.25) is 5.02 Å². The van der Waals surface area contributed by atoms with E-state index in [2.05, 4.69) is 31.2 Å². The number of rotatable bonds is 2. The second-order valence-corrected chi connectivity index (χ2v) is 9.48. The zero-order valence-corrected chi connectivity index (χ0v) is 19.5. The Morgan fingerprint density at radius 2 is 1.39 bits per heavy atom. The Morgan fingerprint density at radius 3 is 2.03 bits per heavy atom. The standard InChI is InChI=1S/C28H34ClNO/c1-21-13-18-27-25(19-21)26(20-28(31-27)22-14-16-23(29)17-15-22)30-24-11-9-7-5-3-2-4-6-8-10-12-24/h13-20,24H,2-12H2,1H3. The van der Waals surface area contributed by atoms with Crippen LogP contribution >= 0.6 is 11.6 Å². The number of hydrogen-bond donors (Lipinski definition) is 0. The lowest BCUT2D eigenvalue weighted by molar-refractivity contribution is 0.462. The fraction of sp³-hybridized carbons (Fsp3) is 0.464. The third-order valence-electron chi connectivity index (χ3n) is 6.42. The highest BCUT2D eigenvalue weighted by Crippen LogP contribution is 2.25. The molecule has 4 rings (SSSR count). The molecule has 1 aromatic heterocycles. The Kier molecular flexibility index (Phi) is 7.86. The first-order valence-electron chi connectivity index (χ1n) is 12.0. The summed E-state index contributed by atoms with van der Waals surface area (Å²) in [6.07, 6.45) is 14.6. The molecule has 1 saturated carbocycles. The fourth-order valence-corrected chi connectivity index (χ4v) is 4.74. The van der Waals surface area contributed by atoms with Crippen LogP contribution in [0.25, 0.3) is 22.3 Å². The smallest absolute Gasteiger partial charge is 0.136 e. The summed E-state index contributed by atoms with van der Waals surface area (Å²) in [6.45, 7) is 2.13.